The molecule has 1 N–H and O–H groups in total. The van der Waals surface area contributed by atoms with Crippen molar-refractivity contribution >= 4 is 5.57 Å². The van der Waals surface area contributed by atoms with Gasteiger partial charge in [0.2, 0.25) is 5.88 Å². The van der Waals surface area contributed by atoms with Gasteiger partial charge in [-0.25, -0.2) is 4.98 Å². The highest BCUT2D eigenvalue weighted by molar-refractivity contribution is 5.74. The third kappa shape index (κ3) is 3.99. The minimum Gasteiger partial charge on any atom is -0.496 e. The van der Waals surface area contributed by atoms with Gasteiger partial charge in [-0.3, -0.25) is 0 Å². The van der Waals surface area contributed by atoms with Gasteiger partial charge in [-0.2, -0.15) is 0 Å². The van der Waals surface area contributed by atoms with Gasteiger partial charge in [0.1, 0.15) is 11.5 Å². The van der Waals surface area contributed by atoms with Gasteiger partial charge in [-0.05, 0) is 49.1 Å². The highest BCUT2D eigenvalue weighted by Crippen LogP contribution is 2.41. The molecule has 1 saturated heterocycles. The van der Waals surface area contributed by atoms with Gasteiger partial charge in [0.25, 0.3) is 0 Å². The number of fused-ring (bicyclic) bond motifs is 2. The second-order valence-corrected chi connectivity index (χ2v) is 7.16. The van der Waals surface area contributed by atoms with Crippen molar-refractivity contribution in [2.75, 3.05) is 26.7 Å². The normalized spacial score (nSPS) is 19.1. The van der Waals surface area contributed by atoms with E-state index in [1.807, 2.05) is 24.3 Å². The highest BCUT2D eigenvalue weighted by atomic mass is 16.5. The smallest absolute Gasteiger partial charge is 0.226 e. The molecule has 142 valence electrons. The molecule has 3 heterocycles. The van der Waals surface area contributed by atoms with Crippen LogP contribution in [-0.4, -0.2) is 47.8 Å². The average Bonchev–Trinajstić information content (AvgIpc) is 2.86. The van der Waals surface area contributed by atoms with E-state index in [4.69, 9.17) is 9.47 Å². The fourth-order valence-electron chi connectivity index (χ4n) is 3.86. The van der Waals surface area contributed by atoms with E-state index in [9.17, 15) is 5.11 Å². The number of aliphatic hydroxyl groups excluding tert-OH is 1. The molecule has 0 amide bonds. The maximum absolute atomic E-state index is 9.67. The maximum Gasteiger partial charge on any atom is 0.226 e. The Labute approximate surface area is 160 Å². The van der Waals surface area contributed by atoms with Gasteiger partial charge >= 0.3 is 0 Å². The van der Waals surface area contributed by atoms with Crippen molar-refractivity contribution in [3.05, 3.63) is 53.7 Å². The van der Waals surface area contributed by atoms with E-state index in [2.05, 4.69) is 22.0 Å². The van der Waals surface area contributed by atoms with Crippen LogP contribution in [0.2, 0.25) is 0 Å². The van der Waals surface area contributed by atoms with E-state index >= 15 is 0 Å². The van der Waals surface area contributed by atoms with Crippen molar-refractivity contribution in [2.24, 2.45) is 0 Å². The number of piperidine rings is 1. The summed E-state index contributed by atoms with van der Waals surface area (Å²) in [5, 5.41) is 9.67. The second-order valence-electron chi connectivity index (χ2n) is 7.16. The first-order chi connectivity index (χ1) is 13.2. The first-order valence-electron chi connectivity index (χ1n) is 9.63. The molecule has 4 rings (SSSR count). The third-order valence-corrected chi connectivity index (χ3v) is 5.39. The van der Waals surface area contributed by atoms with Gasteiger partial charge < -0.3 is 19.5 Å². The molecule has 0 saturated carbocycles. The zero-order valence-corrected chi connectivity index (χ0v) is 15.7. The number of pyridine rings is 1. The summed E-state index contributed by atoms with van der Waals surface area (Å²) in [7, 11) is 1.69. The largest absolute Gasteiger partial charge is 0.496 e. The van der Waals surface area contributed by atoms with Gasteiger partial charge in [0, 0.05) is 43.4 Å². The Morgan fingerprint density at radius 2 is 2.11 bits per heavy atom. The molecular formula is C22H26N2O3. The molecule has 0 atom stereocenters. The summed E-state index contributed by atoms with van der Waals surface area (Å²) < 4.78 is 11.7. The Morgan fingerprint density at radius 3 is 2.93 bits per heavy atom. The van der Waals surface area contributed by atoms with E-state index < -0.39 is 0 Å². The number of aliphatic hydroxyl groups is 1. The van der Waals surface area contributed by atoms with Crippen molar-refractivity contribution in [1.82, 2.24) is 9.88 Å². The predicted octanol–water partition coefficient (Wildman–Crippen LogP) is 3.67. The van der Waals surface area contributed by atoms with Crippen molar-refractivity contribution < 1.29 is 14.6 Å². The van der Waals surface area contributed by atoms with E-state index in [0.717, 1.165) is 67.9 Å². The molecule has 0 spiro atoms. The fraction of sp³-hybridized carbons (Fsp3) is 0.409. The van der Waals surface area contributed by atoms with Crippen LogP contribution in [0.4, 0.5) is 0 Å². The van der Waals surface area contributed by atoms with Crippen molar-refractivity contribution in [2.45, 2.75) is 31.8 Å². The van der Waals surface area contributed by atoms with Gasteiger partial charge in [-0.1, -0.05) is 12.1 Å². The summed E-state index contributed by atoms with van der Waals surface area (Å²) in [4.78, 5) is 6.87. The minimum absolute atomic E-state index is 0.125. The Morgan fingerprint density at radius 1 is 1.26 bits per heavy atom. The lowest BCUT2D eigenvalue weighted by atomic mass is 9.97. The molecule has 1 aromatic carbocycles. The molecule has 27 heavy (non-hydrogen) atoms. The molecule has 0 radical (unpaired) electrons. The quantitative estimate of drug-likeness (QED) is 0.895. The van der Waals surface area contributed by atoms with Crippen LogP contribution in [0.15, 0.2) is 42.6 Å². The molecule has 0 aliphatic carbocycles. The second kappa shape index (κ2) is 8.11. The number of hydrogen-bond acceptors (Lipinski definition) is 5. The van der Waals surface area contributed by atoms with E-state index in [-0.39, 0.29) is 6.10 Å². The number of methoxy groups -OCH3 is 1. The predicted molar refractivity (Wildman–Crippen MR) is 105 cm³/mol. The molecule has 5 nitrogen and oxygen atoms in total. The number of allylic oxidation sites excluding steroid dienone is 1. The molecule has 2 aliphatic heterocycles. The average molecular weight is 366 g/mol. The maximum atomic E-state index is 9.67. The molecule has 0 unspecified atom stereocenters. The van der Waals surface area contributed by atoms with Crippen LogP contribution in [0.25, 0.3) is 5.57 Å². The molecule has 0 bridgehead atoms. The first kappa shape index (κ1) is 18.0. The zero-order chi connectivity index (χ0) is 18.6. The van der Waals surface area contributed by atoms with Gasteiger partial charge in [0.05, 0.1) is 13.2 Å². The third-order valence-electron chi connectivity index (χ3n) is 5.39. The lowest BCUT2D eigenvalue weighted by molar-refractivity contribution is 0.0835. The SMILES string of the molecule is COc1cccc2c1C/C(=C/CCN1CCC(O)CC1)c1cccnc1O2. The number of benzene rings is 1. The first-order valence-corrected chi connectivity index (χ1v) is 9.63. The number of aromatic nitrogens is 1. The van der Waals surface area contributed by atoms with Crippen molar-refractivity contribution in [3.63, 3.8) is 0 Å². The number of ether oxygens (including phenoxy) is 2. The lowest BCUT2D eigenvalue weighted by Crippen LogP contribution is -2.36. The number of rotatable bonds is 4. The molecule has 1 aromatic heterocycles. The van der Waals surface area contributed by atoms with Gasteiger partial charge in [0.15, 0.2) is 0 Å². The summed E-state index contributed by atoms with van der Waals surface area (Å²) >= 11 is 0. The Balaban J connectivity index is 1.58. The van der Waals surface area contributed by atoms with Crippen LogP contribution >= 0.6 is 0 Å². The number of likely N-dealkylation sites (tertiary alicyclic amines) is 1. The molecular weight excluding hydrogens is 340 g/mol. The van der Waals surface area contributed by atoms with E-state index in [0.29, 0.717) is 5.88 Å². The Bertz CT molecular complexity index is 826. The van der Waals surface area contributed by atoms with E-state index in [1.54, 1.807) is 13.3 Å². The summed E-state index contributed by atoms with van der Waals surface area (Å²) in [6, 6.07) is 9.92. The van der Waals surface area contributed by atoms with Gasteiger partial charge in [-0.15, -0.1) is 0 Å². The summed E-state index contributed by atoms with van der Waals surface area (Å²) in [6.45, 7) is 2.95. The Kier molecular flexibility index (Phi) is 5.41. The fourth-order valence-corrected chi connectivity index (χ4v) is 3.86. The van der Waals surface area contributed by atoms with Crippen LogP contribution in [0.1, 0.15) is 30.4 Å². The van der Waals surface area contributed by atoms with Crippen LogP contribution in [0, 0.1) is 0 Å². The van der Waals surface area contributed by atoms with Crippen LogP contribution in [-0.2, 0) is 6.42 Å². The van der Waals surface area contributed by atoms with Crippen LogP contribution < -0.4 is 9.47 Å². The Hall–Kier alpha value is -2.37. The topological polar surface area (TPSA) is 54.8 Å². The minimum atomic E-state index is -0.125. The number of hydrogen-bond donors (Lipinski definition) is 1. The van der Waals surface area contributed by atoms with Crippen LogP contribution in [0.3, 0.4) is 0 Å². The molecule has 2 aliphatic rings. The van der Waals surface area contributed by atoms with Crippen LogP contribution in [0.5, 0.6) is 17.4 Å². The summed E-state index contributed by atoms with van der Waals surface area (Å²) in [6.07, 6.45) is 7.42. The van der Waals surface area contributed by atoms with Crippen molar-refractivity contribution in [3.8, 4) is 17.4 Å². The molecule has 1 fully saturated rings. The molecule has 5 heteroatoms. The standard InChI is InChI=1S/C22H26N2O3/c1-26-20-7-2-8-21-19(20)15-16(18-6-3-11-23-22(18)27-21)5-4-12-24-13-9-17(25)10-14-24/h2-3,5-8,11,17,25H,4,9-10,12-15H2,1H3/b16-5-. The summed E-state index contributed by atoms with van der Waals surface area (Å²) in [5.41, 5.74) is 3.33. The zero-order valence-electron chi connectivity index (χ0n) is 15.7. The lowest BCUT2D eigenvalue weighted by Gasteiger charge is -2.29. The van der Waals surface area contributed by atoms with E-state index in [1.165, 1.54) is 5.57 Å². The molecule has 2 aromatic rings. The summed E-state index contributed by atoms with van der Waals surface area (Å²) in [5.74, 6) is 2.30. The monoisotopic (exact) mass is 366 g/mol. The number of nitrogens with zero attached hydrogens (tertiary/aromatic N) is 2. The van der Waals surface area contributed by atoms with Crippen molar-refractivity contribution in [1.29, 1.82) is 0 Å². The highest BCUT2D eigenvalue weighted by Gasteiger charge is 2.22.